The first-order valence-corrected chi connectivity index (χ1v) is 5.86. The maximum atomic E-state index is 11.8. The summed E-state index contributed by atoms with van der Waals surface area (Å²) in [6.07, 6.45) is 2.94. The van der Waals surface area contributed by atoms with Gasteiger partial charge in [-0.25, -0.2) is 5.43 Å². The van der Waals surface area contributed by atoms with Crippen LogP contribution in [0.2, 0.25) is 0 Å². The summed E-state index contributed by atoms with van der Waals surface area (Å²) >= 11 is 0. The number of aryl methyl sites for hydroxylation is 1. The monoisotopic (exact) mass is 271 g/mol. The largest absolute Gasteiger partial charge is 0.508 e. The number of carbonyl (C=O) groups is 1. The molecule has 20 heavy (non-hydrogen) atoms. The number of hydrogen-bond acceptors (Lipinski definition) is 4. The SMILES string of the molecule is Cn1cccc(C(=O)N/N=C\c2cccc(O)c2)c1=O. The minimum Gasteiger partial charge on any atom is -0.508 e. The van der Waals surface area contributed by atoms with Gasteiger partial charge in [-0.05, 0) is 29.8 Å². The molecule has 0 fully saturated rings. The molecular weight excluding hydrogens is 258 g/mol. The molecule has 0 atom stereocenters. The van der Waals surface area contributed by atoms with Gasteiger partial charge in [-0.2, -0.15) is 5.10 Å². The second-order valence-electron chi connectivity index (χ2n) is 4.13. The molecule has 1 aromatic carbocycles. The number of hydrogen-bond donors (Lipinski definition) is 2. The van der Waals surface area contributed by atoms with Crippen LogP contribution in [0.1, 0.15) is 15.9 Å². The molecule has 0 radical (unpaired) electrons. The normalized spacial score (nSPS) is 10.7. The Morgan fingerprint density at radius 2 is 2.15 bits per heavy atom. The highest BCUT2D eigenvalue weighted by atomic mass is 16.3. The molecule has 0 unspecified atom stereocenters. The van der Waals surface area contributed by atoms with Crippen molar-refractivity contribution in [1.29, 1.82) is 0 Å². The van der Waals surface area contributed by atoms with Crippen LogP contribution in [0.15, 0.2) is 52.5 Å². The Kier molecular flexibility index (Phi) is 3.95. The summed E-state index contributed by atoms with van der Waals surface area (Å²) in [5.74, 6) is -0.472. The van der Waals surface area contributed by atoms with Gasteiger partial charge in [0.2, 0.25) is 0 Å². The summed E-state index contributed by atoms with van der Waals surface area (Å²) in [7, 11) is 1.56. The summed E-state index contributed by atoms with van der Waals surface area (Å²) in [5.41, 5.74) is 2.53. The topological polar surface area (TPSA) is 83.7 Å². The van der Waals surface area contributed by atoms with Gasteiger partial charge in [0.05, 0.1) is 6.21 Å². The van der Waals surface area contributed by atoms with Crippen molar-refractivity contribution in [3.8, 4) is 5.75 Å². The first kappa shape index (κ1) is 13.5. The predicted octanol–water partition coefficient (Wildman–Crippen LogP) is 0.855. The molecule has 0 saturated heterocycles. The summed E-state index contributed by atoms with van der Waals surface area (Å²) in [6, 6.07) is 9.44. The number of hydrazone groups is 1. The molecule has 6 nitrogen and oxygen atoms in total. The zero-order chi connectivity index (χ0) is 14.5. The molecule has 6 heteroatoms. The van der Waals surface area contributed by atoms with Crippen molar-refractivity contribution < 1.29 is 9.90 Å². The van der Waals surface area contributed by atoms with Crippen LogP contribution in [-0.2, 0) is 7.05 Å². The Hall–Kier alpha value is -2.89. The predicted molar refractivity (Wildman–Crippen MR) is 74.9 cm³/mol. The van der Waals surface area contributed by atoms with Gasteiger partial charge in [0.1, 0.15) is 11.3 Å². The summed E-state index contributed by atoms with van der Waals surface area (Å²) in [4.78, 5) is 23.5. The number of benzene rings is 1. The van der Waals surface area contributed by atoms with Crippen molar-refractivity contribution in [2.24, 2.45) is 12.1 Å². The number of carbonyl (C=O) groups excluding carboxylic acids is 1. The molecular formula is C14H13N3O3. The zero-order valence-corrected chi connectivity index (χ0v) is 10.8. The van der Waals surface area contributed by atoms with E-state index >= 15 is 0 Å². The van der Waals surface area contributed by atoms with Crippen LogP contribution >= 0.6 is 0 Å². The zero-order valence-electron chi connectivity index (χ0n) is 10.8. The number of phenols is 1. The van der Waals surface area contributed by atoms with Crippen molar-refractivity contribution in [2.45, 2.75) is 0 Å². The molecule has 102 valence electrons. The Balaban J connectivity index is 2.09. The van der Waals surface area contributed by atoms with Gasteiger partial charge in [0, 0.05) is 13.2 Å². The van der Waals surface area contributed by atoms with Crippen LogP contribution < -0.4 is 11.0 Å². The number of nitrogens with zero attached hydrogens (tertiary/aromatic N) is 2. The third-order valence-electron chi connectivity index (χ3n) is 2.62. The molecule has 1 aromatic heterocycles. The minimum atomic E-state index is -0.581. The second kappa shape index (κ2) is 5.83. The number of aromatic nitrogens is 1. The van der Waals surface area contributed by atoms with Crippen LogP contribution in [0.5, 0.6) is 5.75 Å². The second-order valence-corrected chi connectivity index (χ2v) is 4.13. The van der Waals surface area contributed by atoms with E-state index in [4.69, 9.17) is 0 Å². The van der Waals surface area contributed by atoms with Gasteiger partial charge < -0.3 is 9.67 Å². The lowest BCUT2D eigenvalue weighted by Gasteiger charge is -2.01. The van der Waals surface area contributed by atoms with Gasteiger partial charge in [0.25, 0.3) is 11.5 Å². The lowest BCUT2D eigenvalue weighted by atomic mass is 10.2. The highest BCUT2D eigenvalue weighted by Crippen LogP contribution is 2.08. The number of nitrogens with one attached hydrogen (secondary N) is 1. The van der Waals surface area contributed by atoms with Gasteiger partial charge >= 0.3 is 0 Å². The van der Waals surface area contributed by atoms with Crippen LogP contribution in [0.3, 0.4) is 0 Å². The van der Waals surface area contributed by atoms with E-state index in [0.717, 1.165) is 0 Å². The summed E-state index contributed by atoms with van der Waals surface area (Å²) < 4.78 is 1.31. The molecule has 0 saturated carbocycles. The molecule has 2 aromatic rings. The van der Waals surface area contributed by atoms with Crippen molar-refractivity contribution in [3.63, 3.8) is 0 Å². The van der Waals surface area contributed by atoms with E-state index in [1.807, 2.05) is 0 Å². The third kappa shape index (κ3) is 3.11. The van der Waals surface area contributed by atoms with Crippen molar-refractivity contribution in [1.82, 2.24) is 9.99 Å². The molecule has 0 aliphatic heterocycles. The Labute approximate surface area is 115 Å². The first-order valence-electron chi connectivity index (χ1n) is 5.86. The average Bonchev–Trinajstić information content (AvgIpc) is 2.42. The average molecular weight is 271 g/mol. The lowest BCUT2D eigenvalue weighted by molar-refractivity contribution is 0.0953. The Morgan fingerprint density at radius 1 is 1.35 bits per heavy atom. The fourth-order valence-corrected chi connectivity index (χ4v) is 1.60. The van der Waals surface area contributed by atoms with Crippen LogP contribution in [-0.4, -0.2) is 21.8 Å². The maximum absolute atomic E-state index is 11.8. The molecule has 2 N–H and O–H groups in total. The van der Waals surface area contributed by atoms with E-state index in [1.54, 1.807) is 31.4 Å². The molecule has 0 aliphatic carbocycles. The number of pyridine rings is 1. The smallest absolute Gasteiger partial charge is 0.276 e. The van der Waals surface area contributed by atoms with Crippen molar-refractivity contribution in [3.05, 3.63) is 64.1 Å². The van der Waals surface area contributed by atoms with E-state index in [9.17, 15) is 14.7 Å². The standard InChI is InChI=1S/C14H13N3O3/c1-17-7-3-6-12(14(17)20)13(19)16-15-9-10-4-2-5-11(18)8-10/h2-9,18H,1H3,(H,16,19)/b15-9-. The lowest BCUT2D eigenvalue weighted by Crippen LogP contribution is -2.29. The van der Waals surface area contributed by atoms with Gasteiger partial charge in [-0.3, -0.25) is 9.59 Å². The molecule has 1 heterocycles. The van der Waals surface area contributed by atoms with Crippen molar-refractivity contribution >= 4 is 12.1 Å². The quantitative estimate of drug-likeness (QED) is 0.641. The van der Waals surface area contributed by atoms with E-state index in [0.29, 0.717) is 5.56 Å². The fraction of sp³-hybridized carbons (Fsp3) is 0.0714. The highest BCUT2D eigenvalue weighted by Gasteiger charge is 2.09. The maximum Gasteiger partial charge on any atom is 0.276 e. The molecule has 2 rings (SSSR count). The molecule has 0 bridgehead atoms. The van der Waals surface area contributed by atoms with Gasteiger partial charge in [-0.1, -0.05) is 12.1 Å². The first-order chi connectivity index (χ1) is 9.58. The molecule has 1 amide bonds. The van der Waals surface area contributed by atoms with Crippen molar-refractivity contribution in [2.75, 3.05) is 0 Å². The fourth-order valence-electron chi connectivity index (χ4n) is 1.60. The number of rotatable bonds is 3. The summed E-state index contributed by atoms with van der Waals surface area (Å²) in [5, 5.41) is 13.0. The van der Waals surface area contributed by atoms with Crippen LogP contribution in [0.4, 0.5) is 0 Å². The Bertz CT molecular complexity index is 720. The van der Waals surface area contributed by atoms with Crippen LogP contribution in [0.25, 0.3) is 0 Å². The molecule has 0 spiro atoms. The number of aromatic hydroxyl groups is 1. The van der Waals surface area contributed by atoms with Crippen LogP contribution in [0, 0.1) is 0 Å². The molecule has 0 aliphatic rings. The highest BCUT2D eigenvalue weighted by molar-refractivity contribution is 5.94. The minimum absolute atomic E-state index is 0.0167. The van der Waals surface area contributed by atoms with E-state index < -0.39 is 11.5 Å². The Morgan fingerprint density at radius 3 is 2.90 bits per heavy atom. The summed E-state index contributed by atoms with van der Waals surface area (Å²) in [6.45, 7) is 0. The van der Waals surface area contributed by atoms with E-state index in [1.165, 1.54) is 29.0 Å². The third-order valence-corrected chi connectivity index (χ3v) is 2.62. The van der Waals surface area contributed by atoms with E-state index in [2.05, 4.69) is 10.5 Å². The number of phenolic OH excluding ortho intramolecular Hbond substituents is 1. The van der Waals surface area contributed by atoms with Gasteiger partial charge in [0.15, 0.2) is 0 Å². The number of amides is 1. The van der Waals surface area contributed by atoms with Gasteiger partial charge in [-0.15, -0.1) is 0 Å². The van der Waals surface area contributed by atoms with E-state index in [-0.39, 0.29) is 11.3 Å².